The first-order valence-electron chi connectivity index (χ1n) is 8.70. The van der Waals surface area contributed by atoms with Crippen LogP contribution in [0.3, 0.4) is 0 Å². The molecule has 0 spiro atoms. The number of rotatable bonds is 8. The molecule has 2 heterocycles. The number of nitrogens with zero attached hydrogens (tertiary/aromatic N) is 3. The fraction of sp³-hybridized carbons (Fsp3) is 0.150. The summed E-state index contributed by atoms with van der Waals surface area (Å²) in [6.45, 7) is 0. The number of thioether (sulfide) groups is 1. The van der Waals surface area contributed by atoms with E-state index in [-0.39, 0.29) is 0 Å². The first-order chi connectivity index (χ1) is 14.2. The van der Waals surface area contributed by atoms with Crippen LogP contribution in [0.25, 0.3) is 10.6 Å². The lowest BCUT2D eigenvalue weighted by Gasteiger charge is -2.08. The third-order valence-electron chi connectivity index (χ3n) is 3.96. The van der Waals surface area contributed by atoms with Crippen molar-refractivity contribution < 1.29 is 9.47 Å². The van der Waals surface area contributed by atoms with Gasteiger partial charge in [-0.1, -0.05) is 41.3 Å². The summed E-state index contributed by atoms with van der Waals surface area (Å²) in [5, 5.41) is 15.5. The zero-order valence-electron chi connectivity index (χ0n) is 15.8. The molecule has 1 N–H and O–H groups in total. The molecule has 0 aliphatic rings. The van der Waals surface area contributed by atoms with Gasteiger partial charge in [0.05, 0.1) is 19.9 Å². The number of hydrogen-bond donors (Lipinski definition) is 1. The Hall–Kier alpha value is -2.62. The Balaban J connectivity index is 1.39. The van der Waals surface area contributed by atoms with Crippen LogP contribution in [0.2, 0.25) is 0 Å². The molecular weight excluding hydrogens is 424 g/mol. The molecule has 0 saturated carbocycles. The third-order valence-corrected chi connectivity index (χ3v) is 6.90. The van der Waals surface area contributed by atoms with E-state index in [4.69, 9.17) is 14.5 Å². The lowest BCUT2D eigenvalue weighted by Crippen LogP contribution is -1.90. The summed E-state index contributed by atoms with van der Waals surface area (Å²) in [7, 11) is 3.26. The van der Waals surface area contributed by atoms with E-state index in [1.54, 1.807) is 37.3 Å². The number of benzene rings is 2. The summed E-state index contributed by atoms with van der Waals surface area (Å²) in [5.41, 5.74) is 3.02. The van der Waals surface area contributed by atoms with Crippen molar-refractivity contribution >= 4 is 45.3 Å². The molecular formula is C20H18N4O2S3. The predicted molar refractivity (Wildman–Crippen MR) is 120 cm³/mol. The summed E-state index contributed by atoms with van der Waals surface area (Å²) in [6.07, 6.45) is 0. The van der Waals surface area contributed by atoms with E-state index in [2.05, 4.69) is 20.9 Å². The third kappa shape index (κ3) is 4.87. The first kappa shape index (κ1) is 19.7. The van der Waals surface area contributed by atoms with Crippen LogP contribution < -0.4 is 14.8 Å². The second-order valence-corrected chi connectivity index (χ2v) is 8.92. The number of para-hydroxylation sites is 1. The molecule has 0 radical (unpaired) electrons. The Kier molecular flexibility index (Phi) is 6.28. The zero-order valence-corrected chi connectivity index (χ0v) is 18.2. The van der Waals surface area contributed by atoms with Crippen molar-refractivity contribution in [2.75, 3.05) is 19.5 Å². The summed E-state index contributed by atoms with van der Waals surface area (Å²) < 4.78 is 11.6. The van der Waals surface area contributed by atoms with Gasteiger partial charge in [0.2, 0.25) is 5.13 Å². The molecule has 4 rings (SSSR count). The second kappa shape index (κ2) is 9.25. The van der Waals surface area contributed by atoms with Gasteiger partial charge >= 0.3 is 0 Å². The number of aromatic nitrogens is 3. The van der Waals surface area contributed by atoms with E-state index in [0.717, 1.165) is 37.2 Å². The van der Waals surface area contributed by atoms with Gasteiger partial charge in [0.25, 0.3) is 0 Å². The quantitative estimate of drug-likeness (QED) is 0.350. The van der Waals surface area contributed by atoms with Crippen molar-refractivity contribution in [3.63, 3.8) is 0 Å². The Morgan fingerprint density at radius 2 is 1.83 bits per heavy atom. The van der Waals surface area contributed by atoms with E-state index >= 15 is 0 Å². The number of hydrogen-bond acceptors (Lipinski definition) is 9. The summed E-state index contributed by atoms with van der Waals surface area (Å²) in [4.78, 5) is 4.74. The molecule has 4 aromatic rings. The molecule has 6 nitrogen and oxygen atoms in total. The maximum atomic E-state index is 5.38. The zero-order chi connectivity index (χ0) is 20.1. The average Bonchev–Trinajstić information content (AvgIpc) is 3.42. The first-order valence-corrected chi connectivity index (χ1v) is 11.4. The van der Waals surface area contributed by atoms with E-state index in [0.29, 0.717) is 11.5 Å². The second-order valence-electron chi connectivity index (χ2n) is 5.87. The SMILES string of the molecule is COc1ccc(-c2nc(CSc3nnc(Nc4ccccc4)s3)cs2)cc1OC. The summed E-state index contributed by atoms with van der Waals surface area (Å²) in [6, 6.07) is 15.8. The molecule has 0 fully saturated rings. The molecule has 0 amide bonds. The van der Waals surface area contributed by atoms with Crippen LogP contribution >= 0.6 is 34.4 Å². The summed E-state index contributed by atoms with van der Waals surface area (Å²) >= 11 is 4.78. The van der Waals surface area contributed by atoms with Crippen molar-refractivity contribution in [2.45, 2.75) is 10.1 Å². The molecule has 29 heavy (non-hydrogen) atoms. The van der Waals surface area contributed by atoms with Gasteiger partial charge in [-0.3, -0.25) is 0 Å². The molecule has 9 heteroatoms. The fourth-order valence-electron chi connectivity index (χ4n) is 2.57. The lowest BCUT2D eigenvalue weighted by molar-refractivity contribution is 0.355. The highest BCUT2D eigenvalue weighted by Crippen LogP contribution is 2.35. The highest BCUT2D eigenvalue weighted by molar-refractivity contribution is 8.00. The molecule has 0 atom stereocenters. The van der Waals surface area contributed by atoms with Gasteiger partial charge in [0.15, 0.2) is 15.8 Å². The minimum atomic E-state index is 0.698. The molecule has 0 saturated heterocycles. The fourth-order valence-corrected chi connectivity index (χ4v) is 5.16. The van der Waals surface area contributed by atoms with Gasteiger partial charge in [0, 0.05) is 22.4 Å². The number of thiazole rings is 1. The largest absolute Gasteiger partial charge is 0.493 e. The average molecular weight is 443 g/mol. The van der Waals surface area contributed by atoms with E-state index in [1.807, 2.05) is 48.5 Å². The lowest BCUT2D eigenvalue weighted by atomic mass is 10.2. The summed E-state index contributed by atoms with van der Waals surface area (Å²) in [5.74, 6) is 2.15. The number of methoxy groups -OCH3 is 2. The molecule has 2 aromatic carbocycles. The van der Waals surface area contributed by atoms with Gasteiger partial charge < -0.3 is 14.8 Å². The van der Waals surface area contributed by atoms with Crippen LogP contribution in [0.15, 0.2) is 58.3 Å². The molecule has 0 aliphatic carbocycles. The van der Waals surface area contributed by atoms with Crippen LogP contribution in [-0.2, 0) is 5.75 Å². The molecule has 2 aromatic heterocycles. The minimum absolute atomic E-state index is 0.698. The standard InChI is InChI=1S/C20H18N4O2S3/c1-25-16-9-8-13(10-17(16)26-2)18-21-15(11-27-18)12-28-20-24-23-19(29-20)22-14-6-4-3-5-7-14/h3-11H,12H2,1-2H3,(H,22,23). The maximum absolute atomic E-state index is 5.38. The number of anilines is 2. The topological polar surface area (TPSA) is 69.2 Å². The van der Waals surface area contributed by atoms with Crippen molar-refractivity contribution in [1.29, 1.82) is 0 Å². The Labute approximate surface area is 181 Å². The number of ether oxygens (including phenoxy) is 2. The molecule has 0 aliphatic heterocycles. The van der Waals surface area contributed by atoms with Crippen LogP contribution in [0, 0.1) is 0 Å². The monoisotopic (exact) mass is 442 g/mol. The van der Waals surface area contributed by atoms with Crippen LogP contribution in [-0.4, -0.2) is 29.4 Å². The van der Waals surface area contributed by atoms with Crippen molar-refractivity contribution in [3.05, 3.63) is 59.6 Å². The van der Waals surface area contributed by atoms with Crippen molar-refractivity contribution in [1.82, 2.24) is 15.2 Å². The van der Waals surface area contributed by atoms with Gasteiger partial charge in [0.1, 0.15) is 5.01 Å². The molecule has 148 valence electrons. The normalized spacial score (nSPS) is 10.7. The van der Waals surface area contributed by atoms with E-state index in [1.165, 1.54) is 11.3 Å². The van der Waals surface area contributed by atoms with Gasteiger partial charge in [-0.2, -0.15) is 0 Å². The van der Waals surface area contributed by atoms with E-state index < -0.39 is 0 Å². The van der Waals surface area contributed by atoms with Crippen molar-refractivity contribution in [2.24, 2.45) is 0 Å². The highest BCUT2D eigenvalue weighted by atomic mass is 32.2. The predicted octanol–water partition coefficient (Wildman–Crippen LogP) is 5.71. The minimum Gasteiger partial charge on any atom is -0.493 e. The van der Waals surface area contributed by atoms with Crippen LogP contribution in [0.4, 0.5) is 10.8 Å². The molecule has 0 unspecified atom stereocenters. The van der Waals surface area contributed by atoms with Crippen molar-refractivity contribution in [3.8, 4) is 22.1 Å². The maximum Gasteiger partial charge on any atom is 0.210 e. The van der Waals surface area contributed by atoms with Crippen LogP contribution in [0.5, 0.6) is 11.5 Å². The Morgan fingerprint density at radius 3 is 2.62 bits per heavy atom. The Morgan fingerprint density at radius 1 is 1.00 bits per heavy atom. The van der Waals surface area contributed by atoms with Gasteiger partial charge in [-0.15, -0.1) is 21.5 Å². The van der Waals surface area contributed by atoms with Gasteiger partial charge in [-0.25, -0.2) is 4.98 Å². The smallest absolute Gasteiger partial charge is 0.210 e. The van der Waals surface area contributed by atoms with E-state index in [9.17, 15) is 0 Å². The van der Waals surface area contributed by atoms with Crippen LogP contribution in [0.1, 0.15) is 5.69 Å². The molecule has 0 bridgehead atoms. The van der Waals surface area contributed by atoms with Gasteiger partial charge in [-0.05, 0) is 30.3 Å². The highest BCUT2D eigenvalue weighted by Gasteiger charge is 2.11. The number of nitrogens with one attached hydrogen (secondary N) is 1. The Bertz CT molecular complexity index is 1080.